The van der Waals surface area contributed by atoms with Crippen molar-refractivity contribution in [1.29, 1.82) is 0 Å². The molecule has 1 amide bonds. The zero-order valence-corrected chi connectivity index (χ0v) is 11.9. The molecule has 1 aromatic carbocycles. The number of carbonyl (C=O) groups is 3. The number of anilines is 1. The quantitative estimate of drug-likeness (QED) is 0.647. The number of amides is 1. The minimum absolute atomic E-state index is 0.156. The molecule has 19 heavy (non-hydrogen) atoms. The number of Topliss-reactive ketones (excluding diaryl/α,β-unsaturated/α-hetero) is 1. The van der Waals surface area contributed by atoms with Crippen molar-refractivity contribution in [1.82, 2.24) is 0 Å². The van der Waals surface area contributed by atoms with Crippen molar-refractivity contribution in [3.05, 3.63) is 28.3 Å². The first kappa shape index (κ1) is 14.0. The van der Waals surface area contributed by atoms with E-state index >= 15 is 0 Å². The van der Waals surface area contributed by atoms with Gasteiger partial charge in [0.25, 0.3) is 0 Å². The zero-order chi connectivity index (χ0) is 14.2. The summed E-state index contributed by atoms with van der Waals surface area (Å²) in [6.45, 7) is 0. The first-order valence-corrected chi connectivity index (χ1v) is 6.70. The van der Waals surface area contributed by atoms with Crippen molar-refractivity contribution in [2.75, 3.05) is 5.32 Å². The third-order valence-corrected chi connectivity index (χ3v) is 3.77. The van der Waals surface area contributed by atoms with Crippen LogP contribution in [0.25, 0.3) is 0 Å². The molecule has 0 saturated carbocycles. The Bertz CT molecular complexity index is 587. The number of carboxylic acids is 1. The molecule has 2 N–H and O–H groups in total. The van der Waals surface area contributed by atoms with Crippen LogP contribution in [-0.2, 0) is 16.0 Å². The van der Waals surface area contributed by atoms with E-state index in [1.165, 1.54) is 12.1 Å². The first-order chi connectivity index (χ1) is 8.88. The standard InChI is InChI=1S/C12H9BrClNO4/c13-7(3-11(17)18)12(19)6-1-5-2-10(16)15-9(5)4-8(6)14/h1,4,7H,2-3H2,(H,15,16)(H,17,18). The van der Waals surface area contributed by atoms with Gasteiger partial charge in [-0.25, -0.2) is 0 Å². The van der Waals surface area contributed by atoms with E-state index in [-0.39, 0.29) is 29.3 Å². The second-order valence-corrected chi connectivity index (χ2v) is 5.66. The van der Waals surface area contributed by atoms with Gasteiger partial charge in [-0.15, -0.1) is 0 Å². The zero-order valence-electron chi connectivity index (χ0n) is 9.57. The summed E-state index contributed by atoms with van der Waals surface area (Å²) in [5.41, 5.74) is 1.50. The van der Waals surface area contributed by atoms with E-state index in [0.717, 1.165) is 0 Å². The third-order valence-electron chi connectivity index (χ3n) is 2.72. The Kier molecular flexibility index (Phi) is 3.91. The Labute approximate surface area is 122 Å². The van der Waals surface area contributed by atoms with Crippen molar-refractivity contribution >= 4 is 50.9 Å². The highest BCUT2D eigenvalue weighted by atomic mass is 79.9. The van der Waals surface area contributed by atoms with Crippen LogP contribution < -0.4 is 5.32 Å². The number of benzene rings is 1. The molecule has 0 aromatic heterocycles. The molecule has 1 atom stereocenters. The predicted octanol–water partition coefficient (Wildman–Crippen LogP) is 2.26. The molecule has 0 fully saturated rings. The second-order valence-electron chi connectivity index (χ2n) is 4.14. The fraction of sp³-hybridized carbons (Fsp3) is 0.250. The SMILES string of the molecule is O=C(O)CC(Br)C(=O)c1cc2c(cc1Cl)NC(=O)C2. The molecule has 1 unspecified atom stereocenters. The summed E-state index contributed by atoms with van der Waals surface area (Å²) in [5, 5.41) is 11.5. The van der Waals surface area contributed by atoms with Crippen molar-refractivity contribution < 1.29 is 19.5 Å². The van der Waals surface area contributed by atoms with Gasteiger partial charge in [-0.2, -0.15) is 0 Å². The van der Waals surface area contributed by atoms with E-state index in [1.807, 2.05) is 0 Å². The number of carboxylic acid groups (broad SMARTS) is 1. The molecule has 0 aliphatic carbocycles. The molecule has 7 heteroatoms. The Hall–Kier alpha value is -1.40. The molecule has 0 bridgehead atoms. The largest absolute Gasteiger partial charge is 0.481 e. The van der Waals surface area contributed by atoms with Gasteiger partial charge in [0.15, 0.2) is 5.78 Å². The third kappa shape index (κ3) is 2.96. The van der Waals surface area contributed by atoms with Gasteiger partial charge in [0.05, 0.1) is 22.7 Å². The highest BCUT2D eigenvalue weighted by molar-refractivity contribution is 9.10. The summed E-state index contributed by atoms with van der Waals surface area (Å²) >= 11 is 9.03. The van der Waals surface area contributed by atoms with Gasteiger partial charge in [0.2, 0.25) is 5.91 Å². The fourth-order valence-corrected chi connectivity index (χ4v) is 2.63. The van der Waals surface area contributed by atoms with Gasteiger partial charge in [0.1, 0.15) is 0 Å². The lowest BCUT2D eigenvalue weighted by molar-refractivity contribution is -0.136. The van der Waals surface area contributed by atoms with E-state index in [4.69, 9.17) is 16.7 Å². The van der Waals surface area contributed by atoms with Crippen LogP contribution in [0.4, 0.5) is 5.69 Å². The maximum atomic E-state index is 12.1. The van der Waals surface area contributed by atoms with Gasteiger partial charge >= 0.3 is 5.97 Å². The predicted molar refractivity (Wildman–Crippen MR) is 73.1 cm³/mol. The molecular formula is C12H9BrClNO4. The topological polar surface area (TPSA) is 83.5 Å². The fourth-order valence-electron chi connectivity index (χ4n) is 1.85. The number of halogens is 2. The lowest BCUT2D eigenvalue weighted by Crippen LogP contribution is -2.18. The Morgan fingerprint density at radius 3 is 2.79 bits per heavy atom. The molecule has 0 radical (unpaired) electrons. The highest BCUT2D eigenvalue weighted by Crippen LogP contribution is 2.31. The van der Waals surface area contributed by atoms with Crippen LogP contribution in [-0.4, -0.2) is 27.6 Å². The summed E-state index contributed by atoms with van der Waals surface area (Å²) in [7, 11) is 0. The van der Waals surface area contributed by atoms with Crippen molar-refractivity contribution in [3.8, 4) is 0 Å². The smallest absolute Gasteiger partial charge is 0.304 e. The van der Waals surface area contributed by atoms with E-state index in [9.17, 15) is 14.4 Å². The number of hydrogen-bond donors (Lipinski definition) is 2. The number of nitrogens with one attached hydrogen (secondary N) is 1. The molecule has 1 heterocycles. The number of ketones is 1. The second kappa shape index (κ2) is 5.30. The van der Waals surface area contributed by atoms with Gasteiger partial charge in [-0.05, 0) is 17.7 Å². The monoisotopic (exact) mass is 345 g/mol. The minimum Gasteiger partial charge on any atom is -0.481 e. The van der Waals surface area contributed by atoms with E-state index in [0.29, 0.717) is 11.3 Å². The minimum atomic E-state index is -1.08. The molecule has 5 nitrogen and oxygen atoms in total. The maximum absolute atomic E-state index is 12.1. The van der Waals surface area contributed by atoms with Crippen LogP contribution in [0.1, 0.15) is 22.3 Å². The summed E-state index contributed by atoms with van der Waals surface area (Å²) < 4.78 is 0. The number of hydrogen-bond acceptors (Lipinski definition) is 3. The van der Waals surface area contributed by atoms with Gasteiger partial charge < -0.3 is 10.4 Å². The molecule has 2 rings (SSSR count). The van der Waals surface area contributed by atoms with Crippen LogP contribution in [0.5, 0.6) is 0 Å². The Morgan fingerprint density at radius 1 is 1.47 bits per heavy atom. The number of aliphatic carboxylic acids is 1. The number of rotatable bonds is 4. The number of carbonyl (C=O) groups excluding carboxylic acids is 2. The molecule has 1 aliphatic heterocycles. The molecule has 1 aromatic rings. The van der Waals surface area contributed by atoms with E-state index in [2.05, 4.69) is 21.2 Å². The molecule has 100 valence electrons. The van der Waals surface area contributed by atoms with Crippen LogP contribution in [0, 0.1) is 0 Å². The summed E-state index contributed by atoms with van der Waals surface area (Å²) in [6, 6.07) is 3.05. The van der Waals surface area contributed by atoms with E-state index in [1.54, 1.807) is 0 Å². The van der Waals surface area contributed by atoms with Crippen LogP contribution in [0.2, 0.25) is 5.02 Å². The maximum Gasteiger partial charge on any atom is 0.304 e. The highest BCUT2D eigenvalue weighted by Gasteiger charge is 2.26. The van der Waals surface area contributed by atoms with Crippen molar-refractivity contribution in [2.45, 2.75) is 17.7 Å². The van der Waals surface area contributed by atoms with Crippen molar-refractivity contribution in [3.63, 3.8) is 0 Å². The summed E-state index contributed by atoms with van der Waals surface area (Å²) in [4.78, 5) is 33.1. The number of fused-ring (bicyclic) bond motifs is 1. The molecule has 1 aliphatic rings. The van der Waals surface area contributed by atoms with Gasteiger partial charge in [-0.1, -0.05) is 27.5 Å². The van der Waals surface area contributed by atoms with Crippen molar-refractivity contribution in [2.24, 2.45) is 0 Å². The summed E-state index contributed by atoms with van der Waals surface area (Å²) in [6.07, 6.45) is -0.137. The number of alkyl halides is 1. The van der Waals surface area contributed by atoms with E-state index < -0.39 is 16.6 Å². The Morgan fingerprint density at radius 2 is 2.16 bits per heavy atom. The molecule has 0 spiro atoms. The lowest BCUT2D eigenvalue weighted by atomic mass is 10.0. The normalized spacial score (nSPS) is 14.7. The van der Waals surface area contributed by atoms with Crippen LogP contribution >= 0.6 is 27.5 Å². The van der Waals surface area contributed by atoms with Crippen LogP contribution in [0.15, 0.2) is 12.1 Å². The van der Waals surface area contributed by atoms with Crippen LogP contribution in [0.3, 0.4) is 0 Å². The summed E-state index contributed by atoms with van der Waals surface area (Å²) in [5.74, 6) is -1.64. The average molecular weight is 347 g/mol. The molecule has 0 saturated heterocycles. The lowest BCUT2D eigenvalue weighted by Gasteiger charge is -2.10. The van der Waals surface area contributed by atoms with Gasteiger partial charge in [-0.3, -0.25) is 14.4 Å². The Balaban J connectivity index is 2.31. The molecular weight excluding hydrogens is 337 g/mol. The first-order valence-electron chi connectivity index (χ1n) is 5.41. The average Bonchev–Trinajstić information content (AvgIpc) is 2.65. The van der Waals surface area contributed by atoms with Gasteiger partial charge in [0, 0.05) is 11.3 Å².